The first-order chi connectivity index (χ1) is 26.2. The van der Waals surface area contributed by atoms with Gasteiger partial charge in [0.05, 0.1) is 17.7 Å². The van der Waals surface area contributed by atoms with Crippen LogP contribution in [-0.2, 0) is 32.6 Å². The molecule has 1 aliphatic rings. The molecule has 5 aromatic carbocycles. The summed E-state index contributed by atoms with van der Waals surface area (Å²) in [5.41, 5.74) is 2.79. The predicted octanol–water partition coefficient (Wildman–Crippen LogP) is 8.08. The first-order valence-corrected chi connectivity index (χ1v) is 19.8. The Balaban J connectivity index is 1.39. The number of hydrogen-bond donors (Lipinski definition) is 1. The monoisotopic (exact) mass is 745 g/mol. The third-order valence-electron chi connectivity index (χ3n) is 9.70. The summed E-state index contributed by atoms with van der Waals surface area (Å²) < 4.78 is 41.6. The van der Waals surface area contributed by atoms with E-state index < -0.39 is 28.5 Å². The van der Waals surface area contributed by atoms with Crippen molar-refractivity contribution in [3.63, 3.8) is 0 Å². The Kier molecular flexibility index (Phi) is 12.7. The maximum atomic E-state index is 14.9. The lowest BCUT2D eigenvalue weighted by Crippen LogP contribution is -2.55. The summed E-state index contributed by atoms with van der Waals surface area (Å²) in [6.45, 7) is 1.37. The zero-order valence-corrected chi connectivity index (χ0v) is 31.6. The Morgan fingerprint density at radius 3 is 2.02 bits per heavy atom. The Labute approximate surface area is 318 Å². The fraction of sp³-hybridized carbons (Fsp3) is 0.273. The number of rotatable bonds is 15. The van der Waals surface area contributed by atoms with Gasteiger partial charge in [-0.15, -0.1) is 0 Å². The number of carbonyl (C=O) groups excluding carboxylic acids is 2. The maximum Gasteiger partial charge on any atom is 0.264 e. The van der Waals surface area contributed by atoms with Crippen LogP contribution in [0.3, 0.4) is 0 Å². The fourth-order valence-corrected chi connectivity index (χ4v) is 8.15. The van der Waals surface area contributed by atoms with Crippen molar-refractivity contribution in [2.45, 2.75) is 69.0 Å². The molecule has 280 valence electrons. The van der Waals surface area contributed by atoms with Crippen LogP contribution >= 0.6 is 0 Å². The highest BCUT2D eigenvalue weighted by Crippen LogP contribution is 2.29. The molecule has 1 N–H and O–H groups in total. The molecule has 54 heavy (non-hydrogen) atoms. The van der Waals surface area contributed by atoms with E-state index in [-0.39, 0.29) is 35.5 Å². The van der Waals surface area contributed by atoms with Gasteiger partial charge in [0, 0.05) is 19.0 Å². The number of nitrogens with zero attached hydrogens (tertiary/aromatic N) is 2. The number of hydrogen-bond acceptors (Lipinski definition) is 6. The van der Waals surface area contributed by atoms with Gasteiger partial charge in [0.15, 0.2) is 0 Å². The molecule has 0 spiro atoms. The van der Waals surface area contributed by atoms with E-state index in [0.717, 1.165) is 53.1 Å². The number of aryl methyl sites for hydroxylation is 1. The molecule has 0 bridgehead atoms. The molecule has 0 radical (unpaired) electrons. The average Bonchev–Trinajstić information content (AvgIpc) is 3.20. The molecule has 6 rings (SSSR count). The van der Waals surface area contributed by atoms with Crippen molar-refractivity contribution in [3.05, 3.63) is 150 Å². The van der Waals surface area contributed by atoms with Crippen LogP contribution in [-0.4, -0.2) is 50.9 Å². The van der Waals surface area contributed by atoms with Crippen LogP contribution in [0.5, 0.6) is 17.2 Å². The summed E-state index contributed by atoms with van der Waals surface area (Å²) in [4.78, 5) is 30.9. The SMILES string of the molecule is COc1cccc(CN(C(=O)CN(c2ccc(Oc3ccccc3)cc2)S(=O)(=O)c2ccc(C)cc2)[C@@H](Cc2ccccc2)C(=O)NC2CCCCC2)c1. The number of sulfonamides is 1. The van der Waals surface area contributed by atoms with Gasteiger partial charge in [-0.3, -0.25) is 13.9 Å². The third kappa shape index (κ3) is 9.87. The topological polar surface area (TPSA) is 105 Å². The quantitative estimate of drug-likeness (QED) is 0.116. The molecule has 1 atom stereocenters. The summed E-state index contributed by atoms with van der Waals surface area (Å²) in [5, 5.41) is 3.25. The van der Waals surface area contributed by atoms with Crippen LogP contribution in [0.25, 0.3) is 0 Å². The second kappa shape index (κ2) is 17.9. The van der Waals surface area contributed by atoms with Crippen molar-refractivity contribution >= 4 is 27.5 Å². The lowest BCUT2D eigenvalue weighted by Gasteiger charge is -2.35. The van der Waals surface area contributed by atoms with E-state index in [2.05, 4.69) is 5.32 Å². The smallest absolute Gasteiger partial charge is 0.264 e. The molecule has 0 heterocycles. The lowest BCUT2D eigenvalue weighted by atomic mass is 9.94. The second-order valence-electron chi connectivity index (χ2n) is 13.7. The van der Waals surface area contributed by atoms with E-state index in [9.17, 15) is 18.0 Å². The highest BCUT2D eigenvalue weighted by molar-refractivity contribution is 7.92. The number of ether oxygens (including phenoxy) is 2. The molecule has 1 aliphatic carbocycles. The molecule has 0 aromatic heterocycles. The van der Waals surface area contributed by atoms with Gasteiger partial charge in [0.25, 0.3) is 10.0 Å². The zero-order valence-electron chi connectivity index (χ0n) is 30.8. The van der Waals surface area contributed by atoms with Crippen molar-refractivity contribution in [1.29, 1.82) is 0 Å². The summed E-state index contributed by atoms with van der Waals surface area (Å²) in [6, 6.07) is 38.4. The van der Waals surface area contributed by atoms with Gasteiger partial charge in [-0.05, 0) is 91.6 Å². The largest absolute Gasteiger partial charge is 0.497 e. The van der Waals surface area contributed by atoms with E-state index >= 15 is 0 Å². The normalized spacial score (nSPS) is 13.7. The minimum absolute atomic E-state index is 0.00771. The Morgan fingerprint density at radius 2 is 1.35 bits per heavy atom. The average molecular weight is 746 g/mol. The summed E-state index contributed by atoms with van der Waals surface area (Å²) >= 11 is 0. The van der Waals surface area contributed by atoms with Crippen LogP contribution < -0.4 is 19.1 Å². The van der Waals surface area contributed by atoms with E-state index in [1.165, 1.54) is 4.90 Å². The molecule has 10 heteroatoms. The van der Waals surface area contributed by atoms with Crippen molar-refractivity contribution in [1.82, 2.24) is 10.2 Å². The Bertz CT molecular complexity index is 2090. The van der Waals surface area contributed by atoms with Crippen LogP contribution in [0.15, 0.2) is 138 Å². The highest BCUT2D eigenvalue weighted by atomic mass is 32.2. The minimum Gasteiger partial charge on any atom is -0.497 e. The molecule has 1 saturated carbocycles. The number of amides is 2. The van der Waals surface area contributed by atoms with E-state index in [1.807, 2.05) is 91.9 Å². The molecule has 0 aliphatic heterocycles. The van der Waals surface area contributed by atoms with Crippen LogP contribution in [0.2, 0.25) is 0 Å². The van der Waals surface area contributed by atoms with E-state index in [1.54, 1.807) is 55.6 Å². The minimum atomic E-state index is -4.26. The summed E-state index contributed by atoms with van der Waals surface area (Å²) in [6.07, 6.45) is 5.18. The maximum absolute atomic E-state index is 14.9. The van der Waals surface area contributed by atoms with Crippen molar-refractivity contribution in [3.8, 4) is 17.2 Å². The Morgan fingerprint density at radius 1 is 0.741 bits per heavy atom. The predicted molar refractivity (Wildman–Crippen MR) is 211 cm³/mol. The number of benzene rings is 5. The first kappa shape index (κ1) is 38.1. The van der Waals surface area contributed by atoms with Crippen molar-refractivity contribution < 1.29 is 27.5 Å². The number of anilines is 1. The van der Waals surface area contributed by atoms with Gasteiger partial charge < -0.3 is 19.7 Å². The molecular weight excluding hydrogens is 699 g/mol. The number of nitrogens with one attached hydrogen (secondary N) is 1. The molecule has 5 aromatic rings. The van der Waals surface area contributed by atoms with Crippen LogP contribution in [0.1, 0.15) is 48.8 Å². The number of carbonyl (C=O) groups is 2. The standard InChI is InChI=1S/C44H47N3O6S/c1-33-21-27-41(28-22-33)54(50,51)47(37-23-25-39(26-24-37)53-38-18-10-5-11-19-38)32-43(48)46(31-35-15-12-20-40(29-35)52-2)42(30-34-13-6-3-7-14-34)44(49)45-36-16-8-4-9-17-36/h3,5-7,10-15,18-29,36,42H,4,8-9,16-17,30-32H2,1-2H3,(H,45,49)/t42-/m0/s1. The van der Waals surface area contributed by atoms with Gasteiger partial charge in [-0.1, -0.05) is 97.6 Å². The lowest BCUT2D eigenvalue weighted by molar-refractivity contribution is -0.140. The van der Waals surface area contributed by atoms with Gasteiger partial charge in [-0.2, -0.15) is 0 Å². The van der Waals surface area contributed by atoms with E-state index in [0.29, 0.717) is 17.2 Å². The molecular formula is C44H47N3O6S. The highest BCUT2D eigenvalue weighted by Gasteiger charge is 2.35. The van der Waals surface area contributed by atoms with Gasteiger partial charge >= 0.3 is 0 Å². The summed E-state index contributed by atoms with van der Waals surface area (Å²) in [7, 11) is -2.69. The van der Waals surface area contributed by atoms with Crippen molar-refractivity contribution in [2.24, 2.45) is 0 Å². The molecule has 1 fully saturated rings. The second-order valence-corrected chi connectivity index (χ2v) is 15.5. The van der Waals surface area contributed by atoms with Gasteiger partial charge in [0.1, 0.15) is 29.8 Å². The van der Waals surface area contributed by atoms with Gasteiger partial charge in [0.2, 0.25) is 11.8 Å². The fourth-order valence-electron chi connectivity index (χ4n) is 6.74. The van der Waals surface area contributed by atoms with Gasteiger partial charge in [-0.25, -0.2) is 8.42 Å². The zero-order chi connectivity index (χ0) is 37.9. The Hall–Kier alpha value is -5.61. The molecule has 2 amide bonds. The van der Waals surface area contributed by atoms with Crippen LogP contribution in [0, 0.1) is 6.92 Å². The van der Waals surface area contributed by atoms with Crippen molar-refractivity contribution in [2.75, 3.05) is 18.0 Å². The number of para-hydroxylation sites is 1. The van der Waals surface area contributed by atoms with E-state index in [4.69, 9.17) is 9.47 Å². The molecule has 9 nitrogen and oxygen atoms in total. The van der Waals surface area contributed by atoms with Crippen LogP contribution in [0.4, 0.5) is 5.69 Å². The third-order valence-corrected chi connectivity index (χ3v) is 11.5. The molecule has 0 saturated heterocycles. The molecule has 0 unspecified atom stereocenters. The first-order valence-electron chi connectivity index (χ1n) is 18.4. The number of methoxy groups -OCH3 is 1. The summed E-state index contributed by atoms with van der Waals surface area (Å²) in [5.74, 6) is 0.947.